The van der Waals surface area contributed by atoms with E-state index < -0.39 is 0 Å². The second-order valence-electron chi connectivity index (χ2n) is 6.88. The van der Waals surface area contributed by atoms with E-state index in [2.05, 4.69) is 0 Å². The number of aromatic hydroxyl groups is 2. The minimum absolute atomic E-state index is 0.224. The molecule has 3 aromatic carbocycles. The van der Waals surface area contributed by atoms with Crippen molar-refractivity contribution < 1.29 is 10.2 Å². The molecule has 0 spiro atoms. The Morgan fingerprint density at radius 3 is 1.52 bits per heavy atom. The smallest absolute Gasteiger partial charge is 0.122 e. The topological polar surface area (TPSA) is 40.5 Å². The fourth-order valence-electron chi connectivity index (χ4n) is 3.60. The van der Waals surface area contributed by atoms with Gasteiger partial charge in [-0.2, -0.15) is 0 Å². The first-order valence-electron chi connectivity index (χ1n) is 8.53. The molecule has 3 aromatic rings. The normalized spacial score (nSPS) is 11.1. The third kappa shape index (κ3) is 3.25. The lowest BCUT2D eigenvalue weighted by atomic mass is 9.81. The van der Waals surface area contributed by atoms with Gasteiger partial charge in [0.05, 0.1) is 0 Å². The fraction of sp³-hybridized carbons (Fsp3) is 0.217. The van der Waals surface area contributed by atoms with Gasteiger partial charge >= 0.3 is 0 Å². The number of benzene rings is 3. The van der Waals surface area contributed by atoms with Crippen LogP contribution in [0.25, 0.3) is 0 Å². The van der Waals surface area contributed by atoms with Gasteiger partial charge in [0.2, 0.25) is 0 Å². The van der Waals surface area contributed by atoms with Crippen LogP contribution in [0.2, 0.25) is 0 Å². The van der Waals surface area contributed by atoms with Gasteiger partial charge in [0.15, 0.2) is 0 Å². The molecule has 3 rings (SSSR count). The van der Waals surface area contributed by atoms with Crippen molar-refractivity contribution in [3.63, 3.8) is 0 Å². The van der Waals surface area contributed by atoms with Gasteiger partial charge in [-0.1, -0.05) is 65.7 Å². The highest BCUT2D eigenvalue weighted by molar-refractivity contribution is 5.57. The van der Waals surface area contributed by atoms with Crippen LogP contribution in [-0.2, 0) is 0 Å². The lowest BCUT2D eigenvalue weighted by molar-refractivity contribution is 0.454. The summed E-state index contributed by atoms with van der Waals surface area (Å²) in [7, 11) is 0. The van der Waals surface area contributed by atoms with Crippen molar-refractivity contribution in [1.29, 1.82) is 0 Å². The molecular weight excluding hydrogens is 308 g/mol. The molecular formula is C23H24O2. The van der Waals surface area contributed by atoms with Gasteiger partial charge in [-0.3, -0.25) is 0 Å². The molecule has 0 aliphatic heterocycles. The Morgan fingerprint density at radius 2 is 1.08 bits per heavy atom. The van der Waals surface area contributed by atoms with Crippen molar-refractivity contribution in [2.45, 2.75) is 33.6 Å². The molecule has 25 heavy (non-hydrogen) atoms. The van der Waals surface area contributed by atoms with Crippen LogP contribution >= 0.6 is 0 Å². The van der Waals surface area contributed by atoms with Crippen LogP contribution < -0.4 is 0 Å². The summed E-state index contributed by atoms with van der Waals surface area (Å²) >= 11 is 0. The van der Waals surface area contributed by atoms with Gasteiger partial charge in [0.1, 0.15) is 11.5 Å². The summed E-state index contributed by atoms with van der Waals surface area (Å²) in [6, 6.07) is 18.0. The van der Waals surface area contributed by atoms with E-state index in [1.54, 1.807) is 0 Å². The summed E-state index contributed by atoms with van der Waals surface area (Å²) in [5.74, 6) is 0.356. The molecule has 0 fully saturated rings. The van der Waals surface area contributed by atoms with E-state index in [-0.39, 0.29) is 17.4 Å². The van der Waals surface area contributed by atoms with E-state index in [1.807, 2.05) is 82.3 Å². The molecule has 0 bridgehead atoms. The summed E-state index contributed by atoms with van der Waals surface area (Å²) in [5, 5.41) is 21.5. The number of hydrogen-bond donors (Lipinski definition) is 2. The molecule has 0 atom stereocenters. The Hall–Kier alpha value is -2.74. The maximum absolute atomic E-state index is 10.8. The molecule has 0 radical (unpaired) electrons. The van der Waals surface area contributed by atoms with E-state index in [4.69, 9.17) is 0 Å². The zero-order valence-corrected chi connectivity index (χ0v) is 15.2. The molecule has 0 saturated carbocycles. The lowest BCUT2D eigenvalue weighted by Crippen LogP contribution is -2.06. The van der Waals surface area contributed by atoms with E-state index in [1.165, 1.54) is 0 Å². The molecule has 0 amide bonds. The Labute approximate surface area is 149 Å². The van der Waals surface area contributed by atoms with Gasteiger partial charge in [-0.25, -0.2) is 0 Å². The van der Waals surface area contributed by atoms with Crippen LogP contribution in [-0.4, -0.2) is 10.2 Å². The van der Waals surface area contributed by atoms with E-state index in [9.17, 15) is 10.2 Å². The average Bonchev–Trinajstić information content (AvgIpc) is 2.57. The number of phenols is 2. The Balaban J connectivity index is 2.34. The quantitative estimate of drug-likeness (QED) is 0.621. The number of rotatable bonds is 3. The monoisotopic (exact) mass is 332 g/mol. The maximum Gasteiger partial charge on any atom is 0.122 e. The molecule has 0 unspecified atom stereocenters. The maximum atomic E-state index is 10.8. The van der Waals surface area contributed by atoms with E-state index >= 15 is 0 Å². The second kappa shape index (κ2) is 6.64. The number of hydrogen-bond acceptors (Lipinski definition) is 2. The molecule has 0 aliphatic carbocycles. The van der Waals surface area contributed by atoms with Crippen molar-refractivity contribution in [2.75, 3.05) is 0 Å². The van der Waals surface area contributed by atoms with Crippen LogP contribution in [0.15, 0.2) is 54.6 Å². The van der Waals surface area contributed by atoms with Crippen LogP contribution in [0.3, 0.4) is 0 Å². The first kappa shape index (κ1) is 17.1. The van der Waals surface area contributed by atoms with Gasteiger partial charge in [-0.05, 0) is 44.4 Å². The summed E-state index contributed by atoms with van der Waals surface area (Å²) in [6.45, 7) is 7.88. The standard InChI is InChI=1S/C23H24O2/c1-14-10-16(3)22(24)19(12-14)21(18-8-6-5-7-9-18)20-13-15(2)11-17(4)23(20)25/h5-13,21,24-25H,1-4H3. The minimum Gasteiger partial charge on any atom is -0.507 e. The van der Waals surface area contributed by atoms with Gasteiger partial charge in [0, 0.05) is 17.0 Å². The average molecular weight is 332 g/mol. The molecule has 2 nitrogen and oxygen atoms in total. The highest BCUT2D eigenvalue weighted by atomic mass is 16.3. The molecule has 0 heterocycles. The van der Waals surface area contributed by atoms with Gasteiger partial charge < -0.3 is 10.2 Å². The van der Waals surface area contributed by atoms with E-state index in [0.29, 0.717) is 0 Å². The fourth-order valence-corrected chi connectivity index (χ4v) is 3.60. The van der Waals surface area contributed by atoms with Crippen molar-refractivity contribution in [2.24, 2.45) is 0 Å². The highest BCUT2D eigenvalue weighted by Gasteiger charge is 2.24. The molecule has 2 N–H and O–H groups in total. The van der Waals surface area contributed by atoms with Gasteiger partial charge in [0.25, 0.3) is 0 Å². The van der Waals surface area contributed by atoms with Crippen molar-refractivity contribution in [1.82, 2.24) is 0 Å². The molecule has 0 aliphatic rings. The van der Waals surface area contributed by atoms with Crippen LogP contribution in [0.5, 0.6) is 11.5 Å². The van der Waals surface area contributed by atoms with Crippen molar-refractivity contribution in [3.05, 3.63) is 93.5 Å². The molecule has 128 valence electrons. The van der Waals surface area contributed by atoms with Crippen molar-refractivity contribution in [3.8, 4) is 11.5 Å². The predicted octanol–water partition coefficient (Wildman–Crippen LogP) is 5.51. The van der Waals surface area contributed by atoms with Crippen molar-refractivity contribution >= 4 is 0 Å². The molecule has 0 aromatic heterocycles. The largest absolute Gasteiger partial charge is 0.507 e. The van der Waals surface area contributed by atoms with Crippen LogP contribution in [0, 0.1) is 27.7 Å². The third-order valence-electron chi connectivity index (χ3n) is 4.70. The Bertz CT molecular complexity index is 854. The Morgan fingerprint density at radius 1 is 0.640 bits per heavy atom. The van der Waals surface area contributed by atoms with Gasteiger partial charge in [-0.15, -0.1) is 0 Å². The SMILES string of the molecule is Cc1cc(C)c(O)c(C(c2ccccc2)c2cc(C)cc(C)c2O)c1. The Kier molecular flexibility index (Phi) is 4.54. The predicted molar refractivity (Wildman–Crippen MR) is 103 cm³/mol. The zero-order valence-electron chi connectivity index (χ0n) is 15.2. The summed E-state index contributed by atoms with van der Waals surface area (Å²) in [5.41, 5.74) is 6.57. The number of aryl methyl sites for hydroxylation is 4. The summed E-state index contributed by atoms with van der Waals surface area (Å²) in [4.78, 5) is 0. The first-order chi connectivity index (χ1) is 11.9. The molecule has 0 saturated heterocycles. The second-order valence-corrected chi connectivity index (χ2v) is 6.88. The minimum atomic E-state index is -0.224. The number of phenolic OH excluding ortho intramolecular Hbond substituents is 2. The van der Waals surface area contributed by atoms with Crippen LogP contribution in [0.1, 0.15) is 44.9 Å². The lowest BCUT2D eigenvalue weighted by Gasteiger charge is -2.23. The molecule has 2 heteroatoms. The van der Waals surface area contributed by atoms with Crippen LogP contribution in [0.4, 0.5) is 0 Å². The summed E-state index contributed by atoms with van der Waals surface area (Å²) in [6.07, 6.45) is 0. The first-order valence-corrected chi connectivity index (χ1v) is 8.53. The highest BCUT2D eigenvalue weighted by Crippen LogP contribution is 2.43. The third-order valence-corrected chi connectivity index (χ3v) is 4.70. The zero-order chi connectivity index (χ0) is 18.1. The summed E-state index contributed by atoms with van der Waals surface area (Å²) < 4.78 is 0. The van der Waals surface area contributed by atoms with E-state index in [0.717, 1.165) is 38.9 Å².